The van der Waals surface area contributed by atoms with Crippen LogP contribution in [0.5, 0.6) is 5.75 Å². The zero-order valence-corrected chi connectivity index (χ0v) is 17.2. The monoisotopic (exact) mass is 408 g/mol. The van der Waals surface area contributed by atoms with Crippen molar-refractivity contribution in [3.05, 3.63) is 72.8 Å². The van der Waals surface area contributed by atoms with Crippen molar-refractivity contribution in [2.75, 3.05) is 19.4 Å². The molecule has 2 aromatic carbocycles. The molecule has 0 unspecified atom stereocenters. The van der Waals surface area contributed by atoms with E-state index in [-0.39, 0.29) is 11.7 Å². The predicted molar refractivity (Wildman–Crippen MR) is 116 cm³/mol. The smallest absolute Gasteiger partial charge is 0.230 e. The molecular formula is C22H24N4O2S. The second kappa shape index (κ2) is 10.5. The number of benzene rings is 2. The van der Waals surface area contributed by atoms with E-state index in [0.717, 1.165) is 35.3 Å². The Morgan fingerprint density at radius 1 is 1.17 bits per heavy atom. The SMILES string of the molecule is C=CCNC(=O)CSc1nnc(-c2ccc(OC)cc2)n1CCc1ccccc1. The maximum absolute atomic E-state index is 12.0. The molecule has 0 saturated carbocycles. The van der Waals surface area contributed by atoms with Crippen molar-refractivity contribution in [2.24, 2.45) is 0 Å². The first-order valence-corrected chi connectivity index (χ1v) is 10.3. The highest BCUT2D eigenvalue weighted by molar-refractivity contribution is 7.99. The van der Waals surface area contributed by atoms with Gasteiger partial charge in [0.1, 0.15) is 5.75 Å². The lowest BCUT2D eigenvalue weighted by Crippen LogP contribution is -2.25. The fourth-order valence-corrected chi connectivity index (χ4v) is 3.60. The fourth-order valence-electron chi connectivity index (χ4n) is 2.80. The second-order valence-electron chi connectivity index (χ2n) is 6.30. The standard InChI is InChI=1S/C22H24N4O2S/c1-3-14-23-20(27)16-29-22-25-24-21(18-9-11-19(28-2)12-10-18)26(22)15-13-17-7-5-4-6-8-17/h3-12H,1,13-16H2,2H3,(H,23,27). The number of methoxy groups -OCH3 is 1. The molecule has 1 N–H and O–H groups in total. The van der Waals surface area contributed by atoms with Crippen molar-refractivity contribution in [1.29, 1.82) is 0 Å². The summed E-state index contributed by atoms with van der Waals surface area (Å²) in [5.74, 6) is 1.79. The summed E-state index contributed by atoms with van der Waals surface area (Å²) in [4.78, 5) is 12.0. The number of nitrogens with one attached hydrogen (secondary N) is 1. The molecule has 1 heterocycles. The lowest BCUT2D eigenvalue weighted by atomic mass is 10.1. The number of aryl methyl sites for hydroxylation is 1. The molecule has 0 aliphatic rings. The van der Waals surface area contributed by atoms with Gasteiger partial charge >= 0.3 is 0 Å². The van der Waals surface area contributed by atoms with E-state index in [2.05, 4.69) is 38.8 Å². The molecule has 0 radical (unpaired) electrons. The third-order valence-corrected chi connectivity index (χ3v) is 5.27. The highest BCUT2D eigenvalue weighted by atomic mass is 32.2. The number of aromatic nitrogens is 3. The van der Waals surface area contributed by atoms with Gasteiger partial charge in [-0.3, -0.25) is 4.79 Å². The third kappa shape index (κ3) is 5.71. The van der Waals surface area contributed by atoms with Crippen molar-refractivity contribution in [3.63, 3.8) is 0 Å². The summed E-state index contributed by atoms with van der Waals surface area (Å²) in [6.07, 6.45) is 2.50. The summed E-state index contributed by atoms with van der Waals surface area (Å²) in [5, 5.41) is 12.2. The Hall–Kier alpha value is -3.06. The lowest BCUT2D eigenvalue weighted by Gasteiger charge is -2.11. The van der Waals surface area contributed by atoms with Gasteiger partial charge in [0.15, 0.2) is 11.0 Å². The molecule has 0 aliphatic carbocycles. The van der Waals surface area contributed by atoms with Crippen LogP contribution in [0.2, 0.25) is 0 Å². The minimum atomic E-state index is -0.0569. The van der Waals surface area contributed by atoms with Gasteiger partial charge in [0.25, 0.3) is 0 Å². The average molecular weight is 409 g/mol. The molecule has 0 aliphatic heterocycles. The van der Waals surface area contributed by atoms with Crippen molar-refractivity contribution in [3.8, 4) is 17.1 Å². The molecule has 150 valence electrons. The molecule has 0 spiro atoms. The first kappa shape index (κ1) is 20.7. The largest absolute Gasteiger partial charge is 0.497 e. The topological polar surface area (TPSA) is 69.0 Å². The van der Waals surface area contributed by atoms with Gasteiger partial charge in [-0.2, -0.15) is 0 Å². The van der Waals surface area contributed by atoms with Crippen LogP contribution in [0, 0.1) is 0 Å². The number of hydrogen-bond acceptors (Lipinski definition) is 5. The number of carbonyl (C=O) groups excluding carboxylic acids is 1. The number of amides is 1. The van der Waals surface area contributed by atoms with Gasteiger partial charge in [0.2, 0.25) is 5.91 Å². The van der Waals surface area contributed by atoms with Crippen molar-refractivity contribution in [1.82, 2.24) is 20.1 Å². The number of ether oxygens (including phenoxy) is 1. The predicted octanol–water partition coefficient (Wildman–Crippen LogP) is 3.59. The molecule has 1 aromatic heterocycles. The number of thioether (sulfide) groups is 1. The van der Waals surface area contributed by atoms with Crippen LogP contribution in [-0.4, -0.2) is 40.1 Å². The zero-order valence-electron chi connectivity index (χ0n) is 16.4. The molecule has 0 bridgehead atoms. The average Bonchev–Trinajstić information content (AvgIpc) is 3.18. The van der Waals surface area contributed by atoms with Crippen LogP contribution in [0.1, 0.15) is 5.56 Å². The quantitative estimate of drug-likeness (QED) is 0.410. The number of hydrogen-bond donors (Lipinski definition) is 1. The molecule has 29 heavy (non-hydrogen) atoms. The molecule has 7 heteroatoms. The molecule has 1 amide bonds. The maximum atomic E-state index is 12.0. The van der Waals surface area contributed by atoms with Crippen molar-refractivity contribution >= 4 is 17.7 Å². The molecule has 0 fully saturated rings. The van der Waals surface area contributed by atoms with E-state index >= 15 is 0 Å². The normalized spacial score (nSPS) is 10.5. The summed E-state index contributed by atoms with van der Waals surface area (Å²) >= 11 is 1.38. The van der Waals surface area contributed by atoms with E-state index in [9.17, 15) is 4.79 Å². The van der Waals surface area contributed by atoms with Gasteiger partial charge in [-0.1, -0.05) is 48.2 Å². The first-order chi connectivity index (χ1) is 14.2. The first-order valence-electron chi connectivity index (χ1n) is 9.33. The molecule has 0 atom stereocenters. The van der Waals surface area contributed by atoms with Gasteiger partial charge < -0.3 is 14.6 Å². The second-order valence-corrected chi connectivity index (χ2v) is 7.25. The van der Waals surface area contributed by atoms with Gasteiger partial charge in [-0.25, -0.2) is 0 Å². The van der Waals surface area contributed by atoms with E-state index in [1.807, 2.05) is 42.5 Å². The van der Waals surface area contributed by atoms with Crippen LogP contribution >= 0.6 is 11.8 Å². The van der Waals surface area contributed by atoms with Crippen molar-refractivity contribution in [2.45, 2.75) is 18.1 Å². The number of rotatable bonds is 10. The minimum Gasteiger partial charge on any atom is -0.497 e. The van der Waals surface area contributed by atoms with E-state index in [0.29, 0.717) is 6.54 Å². The van der Waals surface area contributed by atoms with Crippen LogP contribution < -0.4 is 10.1 Å². The third-order valence-electron chi connectivity index (χ3n) is 4.31. The Morgan fingerprint density at radius 2 is 1.93 bits per heavy atom. The maximum Gasteiger partial charge on any atom is 0.230 e. The van der Waals surface area contributed by atoms with Crippen LogP contribution in [0.25, 0.3) is 11.4 Å². The van der Waals surface area contributed by atoms with E-state index in [1.165, 1.54) is 17.3 Å². The lowest BCUT2D eigenvalue weighted by molar-refractivity contribution is -0.118. The van der Waals surface area contributed by atoms with Crippen molar-refractivity contribution < 1.29 is 9.53 Å². The summed E-state index contributed by atoms with van der Waals surface area (Å²) < 4.78 is 7.31. The number of carbonyl (C=O) groups is 1. The fraction of sp³-hybridized carbons (Fsp3) is 0.227. The molecular weight excluding hydrogens is 384 g/mol. The Kier molecular flexibility index (Phi) is 7.47. The van der Waals surface area contributed by atoms with Crippen LogP contribution in [0.15, 0.2) is 72.4 Å². The molecule has 0 saturated heterocycles. The molecule has 3 aromatic rings. The minimum absolute atomic E-state index is 0.0569. The highest BCUT2D eigenvalue weighted by Crippen LogP contribution is 2.26. The Labute approximate surface area is 175 Å². The summed E-state index contributed by atoms with van der Waals surface area (Å²) in [6.45, 7) is 4.78. The summed E-state index contributed by atoms with van der Waals surface area (Å²) in [5.41, 5.74) is 2.19. The Balaban J connectivity index is 1.81. The van der Waals surface area contributed by atoms with Crippen LogP contribution in [0.3, 0.4) is 0 Å². The van der Waals surface area contributed by atoms with E-state index < -0.39 is 0 Å². The van der Waals surface area contributed by atoms with Gasteiger partial charge in [0.05, 0.1) is 12.9 Å². The van der Waals surface area contributed by atoms with E-state index in [4.69, 9.17) is 4.74 Å². The molecule has 3 rings (SSSR count). The Bertz CT molecular complexity index is 939. The van der Waals surface area contributed by atoms with Gasteiger partial charge in [-0.15, -0.1) is 16.8 Å². The molecule has 6 nitrogen and oxygen atoms in total. The zero-order chi connectivity index (χ0) is 20.5. The van der Waals surface area contributed by atoms with E-state index in [1.54, 1.807) is 13.2 Å². The summed E-state index contributed by atoms with van der Waals surface area (Å²) in [7, 11) is 1.64. The van der Waals surface area contributed by atoms with Gasteiger partial charge in [-0.05, 0) is 36.2 Å². The van der Waals surface area contributed by atoms with Crippen LogP contribution in [0.4, 0.5) is 0 Å². The Morgan fingerprint density at radius 3 is 2.62 bits per heavy atom. The van der Waals surface area contributed by atoms with Crippen LogP contribution in [-0.2, 0) is 17.8 Å². The number of nitrogens with zero attached hydrogens (tertiary/aromatic N) is 3. The highest BCUT2D eigenvalue weighted by Gasteiger charge is 2.16. The van der Waals surface area contributed by atoms with Gasteiger partial charge in [0, 0.05) is 18.7 Å². The summed E-state index contributed by atoms with van der Waals surface area (Å²) in [6, 6.07) is 18.0.